The molecule has 0 aliphatic carbocycles. The van der Waals surface area contributed by atoms with Gasteiger partial charge in [0.15, 0.2) is 5.79 Å². The topological polar surface area (TPSA) is 30.5 Å². The second-order valence-corrected chi connectivity index (χ2v) is 4.91. The minimum absolute atomic E-state index is 0.285. The van der Waals surface area contributed by atoms with Gasteiger partial charge in [-0.3, -0.25) is 0 Å². The van der Waals surface area contributed by atoms with Gasteiger partial charge in [0.1, 0.15) is 0 Å². The summed E-state index contributed by atoms with van der Waals surface area (Å²) in [5, 5.41) is 3.47. The summed E-state index contributed by atoms with van der Waals surface area (Å²) in [4.78, 5) is 0. The first-order valence-corrected chi connectivity index (χ1v) is 7.28. The normalized spacial score (nSPS) is 23.1. The largest absolute Gasteiger partial charge is 0.347 e. The van der Waals surface area contributed by atoms with Crippen LogP contribution in [0.3, 0.4) is 0 Å². The van der Waals surface area contributed by atoms with Crippen molar-refractivity contribution < 1.29 is 9.47 Å². The fourth-order valence-corrected chi connectivity index (χ4v) is 2.27. The fourth-order valence-electron chi connectivity index (χ4n) is 2.27. The third-order valence-electron chi connectivity index (χ3n) is 3.59. The molecular weight excluding hydrogens is 214 g/mol. The van der Waals surface area contributed by atoms with Crippen molar-refractivity contribution in [3.8, 4) is 0 Å². The van der Waals surface area contributed by atoms with E-state index in [9.17, 15) is 0 Å². The predicted octanol–water partition coefficient (Wildman–Crippen LogP) is 3.09. The van der Waals surface area contributed by atoms with E-state index in [0.717, 1.165) is 39.0 Å². The maximum absolute atomic E-state index is 6.01. The molecule has 0 bridgehead atoms. The molecule has 0 aromatic rings. The van der Waals surface area contributed by atoms with Crippen molar-refractivity contribution in [3.05, 3.63) is 0 Å². The lowest BCUT2D eigenvalue weighted by atomic mass is 10.1. The zero-order chi connectivity index (χ0) is 12.6. The third-order valence-corrected chi connectivity index (χ3v) is 3.59. The van der Waals surface area contributed by atoms with Crippen LogP contribution in [-0.2, 0) is 9.47 Å². The molecule has 1 atom stereocenters. The molecule has 0 aromatic carbocycles. The zero-order valence-electron chi connectivity index (χ0n) is 11.8. The van der Waals surface area contributed by atoms with Crippen molar-refractivity contribution in [3.63, 3.8) is 0 Å². The number of ether oxygens (including phenoxy) is 2. The first-order valence-electron chi connectivity index (χ1n) is 7.28. The minimum atomic E-state index is -0.285. The van der Waals surface area contributed by atoms with E-state index in [2.05, 4.69) is 26.1 Å². The molecular formula is C14H29NO2. The van der Waals surface area contributed by atoms with Crippen LogP contribution in [0.4, 0.5) is 0 Å². The van der Waals surface area contributed by atoms with Gasteiger partial charge in [-0.2, -0.15) is 0 Å². The van der Waals surface area contributed by atoms with Crippen molar-refractivity contribution >= 4 is 0 Å². The Morgan fingerprint density at radius 2 is 1.88 bits per heavy atom. The van der Waals surface area contributed by atoms with Crippen LogP contribution in [0, 0.1) is 0 Å². The van der Waals surface area contributed by atoms with Gasteiger partial charge in [0.2, 0.25) is 0 Å². The van der Waals surface area contributed by atoms with Crippen LogP contribution in [0.5, 0.6) is 0 Å². The molecule has 1 aliphatic heterocycles. The molecule has 0 saturated carbocycles. The summed E-state index contributed by atoms with van der Waals surface area (Å²) in [6.07, 6.45) is 7.14. The van der Waals surface area contributed by atoms with Gasteiger partial charge >= 0.3 is 0 Å². The van der Waals surface area contributed by atoms with Crippen LogP contribution in [0.2, 0.25) is 0 Å². The zero-order valence-corrected chi connectivity index (χ0v) is 11.8. The summed E-state index contributed by atoms with van der Waals surface area (Å²) in [6, 6.07) is 0. The van der Waals surface area contributed by atoms with Crippen molar-refractivity contribution in [1.29, 1.82) is 0 Å². The van der Waals surface area contributed by atoms with Crippen LogP contribution < -0.4 is 5.32 Å². The molecule has 0 radical (unpaired) electrons. The standard InChI is InChI=1S/C14H29NO2/c1-4-7-8-10-15-11-9-13-12-16-14(5-2,6-3)17-13/h13,15H,4-12H2,1-3H3. The van der Waals surface area contributed by atoms with Crippen molar-refractivity contribution in [2.75, 3.05) is 19.7 Å². The molecule has 1 rings (SSSR count). The number of rotatable bonds is 9. The Morgan fingerprint density at radius 1 is 1.12 bits per heavy atom. The SMILES string of the molecule is CCCCCNCCC1COC(CC)(CC)O1. The number of unbranched alkanes of at least 4 members (excludes halogenated alkanes) is 2. The van der Waals surface area contributed by atoms with E-state index in [1.54, 1.807) is 0 Å². The predicted molar refractivity (Wildman–Crippen MR) is 71.1 cm³/mol. The van der Waals surface area contributed by atoms with E-state index >= 15 is 0 Å². The van der Waals surface area contributed by atoms with Crippen LogP contribution >= 0.6 is 0 Å². The molecule has 1 aliphatic rings. The van der Waals surface area contributed by atoms with Crippen LogP contribution in [0.25, 0.3) is 0 Å². The quantitative estimate of drug-likeness (QED) is 0.631. The summed E-state index contributed by atoms with van der Waals surface area (Å²) in [5.74, 6) is -0.285. The highest BCUT2D eigenvalue weighted by atomic mass is 16.7. The van der Waals surface area contributed by atoms with Gasteiger partial charge in [-0.25, -0.2) is 0 Å². The van der Waals surface area contributed by atoms with Gasteiger partial charge in [-0.15, -0.1) is 0 Å². The van der Waals surface area contributed by atoms with E-state index < -0.39 is 0 Å². The lowest BCUT2D eigenvalue weighted by Crippen LogP contribution is -2.30. The number of nitrogens with one attached hydrogen (secondary N) is 1. The maximum Gasteiger partial charge on any atom is 0.168 e. The van der Waals surface area contributed by atoms with E-state index in [4.69, 9.17) is 9.47 Å². The van der Waals surface area contributed by atoms with Crippen molar-refractivity contribution in [2.45, 2.75) is 71.2 Å². The Hall–Kier alpha value is -0.120. The van der Waals surface area contributed by atoms with E-state index in [0.29, 0.717) is 0 Å². The molecule has 0 aromatic heterocycles. The molecule has 3 heteroatoms. The smallest absolute Gasteiger partial charge is 0.168 e. The van der Waals surface area contributed by atoms with Gasteiger partial charge < -0.3 is 14.8 Å². The van der Waals surface area contributed by atoms with Gasteiger partial charge in [0, 0.05) is 0 Å². The summed E-state index contributed by atoms with van der Waals surface area (Å²) in [7, 11) is 0. The second kappa shape index (κ2) is 8.06. The Bertz CT molecular complexity index is 193. The van der Waals surface area contributed by atoms with Crippen molar-refractivity contribution in [2.24, 2.45) is 0 Å². The highest BCUT2D eigenvalue weighted by molar-refractivity contribution is 4.77. The monoisotopic (exact) mass is 243 g/mol. The first kappa shape index (κ1) is 14.9. The average Bonchev–Trinajstić information content (AvgIpc) is 2.78. The highest BCUT2D eigenvalue weighted by Gasteiger charge is 2.37. The average molecular weight is 243 g/mol. The minimum Gasteiger partial charge on any atom is -0.347 e. The van der Waals surface area contributed by atoms with Crippen LogP contribution in [-0.4, -0.2) is 31.6 Å². The first-order chi connectivity index (χ1) is 8.26. The molecule has 1 unspecified atom stereocenters. The maximum atomic E-state index is 6.01. The summed E-state index contributed by atoms with van der Waals surface area (Å²) in [5.41, 5.74) is 0. The van der Waals surface area contributed by atoms with Gasteiger partial charge in [-0.05, 0) is 38.8 Å². The fraction of sp³-hybridized carbons (Fsp3) is 1.00. The van der Waals surface area contributed by atoms with Gasteiger partial charge in [0.05, 0.1) is 12.7 Å². The molecule has 1 N–H and O–H groups in total. The van der Waals surface area contributed by atoms with Crippen LogP contribution in [0.1, 0.15) is 59.3 Å². The molecule has 1 saturated heterocycles. The molecule has 102 valence electrons. The van der Waals surface area contributed by atoms with Crippen molar-refractivity contribution in [1.82, 2.24) is 5.32 Å². The molecule has 3 nitrogen and oxygen atoms in total. The molecule has 1 heterocycles. The Labute approximate surface area is 106 Å². The highest BCUT2D eigenvalue weighted by Crippen LogP contribution is 2.31. The molecule has 1 fully saturated rings. The van der Waals surface area contributed by atoms with E-state index in [1.807, 2.05) is 0 Å². The number of hydrogen-bond donors (Lipinski definition) is 1. The van der Waals surface area contributed by atoms with E-state index in [-0.39, 0.29) is 11.9 Å². The Morgan fingerprint density at radius 3 is 2.47 bits per heavy atom. The third kappa shape index (κ3) is 4.94. The molecule has 0 amide bonds. The Balaban J connectivity index is 2.06. The van der Waals surface area contributed by atoms with Gasteiger partial charge in [-0.1, -0.05) is 33.6 Å². The lowest BCUT2D eigenvalue weighted by molar-refractivity contribution is -0.172. The summed E-state index contributed by atoms with van der Waals surface area (Å²) >= 11 is 0. The lowest BCUT2D eigenvalue weighted by Gasteiger charge is -2.25. The number of hydrogen-bond acceptors (Lipinski definition) is 3. The van der Waals surface area contributed by atoms with Crippen LogP contribution in [0.15, 0.2) is 0 Å². The Kier molecular flexibility index (Phi) is 7.09. The summed E-state index contributed by atoms with van der Waals surface area (Å²) < 4.78 is 11.8. The summed E-state index contributed by atoms with van der Waals surface area (Å²) in [6.45, 7) is 9.44. The molecule has 0 spiro atoms. The van der Waals surface area contributed by atoms with E-state index in [1.165, 1.54) is 19.3 Å². The second-order valence-electron chi connectivity index (χ2n) is 4.91. The van der Waals surface area contributed by atoms with Gasteiger partial charge in [0.25, 0.3) is 0 Å². The molecule has 17 heavy (non-hydrogen) atoms.